The SMILES string of the molecule is COc1cccc([C@@H]2C(C(=O)OC3CCCCC3)=C(C)NC3=C2C(=O)C[C@@H](c2ccc(Cl)cc2)C3)c1. The fourth-order valence-electron chi connectivity index (χ4n) is 5.83. The van der Waals surface area contributed by atoms with E-state index < -0.39 is 5.92 Å². The van der Waals surface area contributed by atoms with Crippen LogP contribution >= 0.6 is 11.6 Å². The Morgan fingerprint density at radius 3 is 2.47 bits per heavy atom. The summed E-state index contributed by atoms with van der Waals surface area (Å²) < 4.78 is 11.5. The number of benzene rings is 2. The lowest BCUT2D eigenvalue weighted by molar-refractivity contribution is -0.146. The highest BCUT2D eigenvalue weighted by Crippen LogP contribution is 2.46. The fraction of sp³-hybridized carbons (Fsp3) is 0.400. The summed E-state index contributed by atoms with van der Waals surface area (Å²) in [5.41, 5.74) is 4.75. The highest BCUT2D eigenvalue weighted by atomic mass is 35.5. The van der Waals surface area contributed by atoms with E-state index in [0.29, 0.717) is 34.8 Å². The fourth-order valence-corrected chi connectivity index (χ4v) is 5.96. The van der Waals surface area contributed by atoms with Crippen LogP contribution in [0.25, 0.3) is 0 Å². The van der Waals surface area contributed by atoms with Crippen LogP contribution < -0.4 is 10.1 Å². The topological polar surface area (TPSA) is 64.6 Å². The van der Waals surface area contributed by atoms with Gasteiger partial charge in [0.15, 0.2) is 5.78 Å². The van der Waals surface area contributed by atoms with Crippen molar-refractivity contribution >= 4 is 23.4 Å². The lowest BCUT2D eigenvalue weighted by atomic mass is 9.71. The molecule has 5 nitrogen and oxygen atoms in total. The van der Waals surface area contributed by atoms with E-state index in [1.807, 2.05) is 55.5 Å². The van der Waals surface area contributed by atoms with Gasteiger partial charge in [0.05, 0.1) is 12.7 Å². The highest BCUT2D eigenvalue weighted by molar-refractivity contribution is 6.30. The second-order valence-electron chi connectivity index (χ2n) is 10.0. The van der Waals surface area contributed by atoms with E-state index in [1.54, 1.807) is 7.11 Å². The number of Topliss-reactive ketones (excluding diaryl/α,β-unsaturated/α-hetero) is 1. The molecule has 1 heterocycles. The zero-order chi connectivity index (χ0) is 25.2. The zero-order valence-electron chi connectivity index (χ0n) is 20.8. The van der Waals surface area contributed by atoms with Crippen LogP contribution in [0.2, 0.25) is 5.02 Å². The first-order chi connectivity index (χ1) is 17.4. The van der Waals surface area contributed by atoms with E-state index in [-0.39, 0.29) is 23.8 Å². The van der Waals surface area contributed by atoms with Gasteiger partial charge in [-0.2, -0.15) is 0 Å². The van der Waals surface area contributed by atoms with Gasteiger partial charge in [0.1, 0.15) is 11.9 Å². The molecule has 1 fully saturated rings. The molecule has 2 aliphatic carbocycles. The van der Waals surface area contributed by atoms with Gasteiger partial charge in [-0.25, -0.2) is 4.79 Å². The highest BCUT2D eigenvalue weighted by Gasteiger charge is 2.42. The molecule has 1 N–H and O–H groups in total. The predicted octanol–water partition coefficient (Wildman–Crippen LogP) is 6.59. The molecule has 0 unspecified atom stereocenters. The summed E-state index contributed by atoms with van der Waals surface area (Å²) in [5, 5.41) is 4.11. The molecule has 1 aliphatic heterocycles. The number of carbonyl (C=O) groups excluding carboxylic acids is 2. The largest absolute Gasteiger partial charge is 0.497 e. The molecular weight excluding hydrogens is 474 g/mol. The van der Waals surface area contributed by atoms with Gasteiger partial charge in [-0.15, -0.1) is 0 Å². The number of halogens is 1. The smallest absolute Gasteiger partial charge is 0.337 e. The van der Waals surface area contributed by atoms with E-state index in [2.05, 4.69) is 5.32 Å². The van der Waals surface area contributed by atoms with Crippen LogP contribution in [-0.2, 0) is 14.3 Å². The molecule has 2 aromatic rings. The molecule has 3 aliphatic rings. The van der Waals surface area contributed by atoms with Crippen molar-refractivity contribution in [2.24, 2.45) is 0 Å². The van der Waals surface area contributed by atoms with E-state index >= 15 is 0 Å². The van der Waals surface area contributed by atoms with Crippen LogP contribution in [0.4, 0.5) is 0 Å². The minimum atomic E-state index is -0.494. The number of ketones is 1. The molecule has 0 bridgehead atoms. The van der Waals surface area contributed by atoms with Crippen molar-refractivity contribution in [3.63, 3.8) is 0 Å². The van der Waals surface area contributed by atoms with Crippen molar-refractivity contribution in [3.8, 4) is 5.75 Å². The van der Waals surface area contributed by atoms with E-state index in [1.165, 1.54) is 6.42 Å². The first-order valence-corrected chi connectivity index (χ1v) is 13.2. The van der Waals surface area contributed by atoms with Crippen molar-refractivity contribution in [1.82, 2.24) is 5.32 Å². The molecular formula is C30H32ClNO4. The Bertz CT molecular complexity index is 1220. The molecule has 0 saturated heterocycles. The summed E-state index contributed by atoms with van der Waals surface area (Å²) in [5.74, 6) is -0.0411. The van der Waals surface area contributed by atoms with Gasteiger partial charge in [0.2, 0.25) is 0 Å². The van der Waals surface area contributed by atoms with Crippen molar-refractivity contribution in [3.05, 3.63) is 87.2 Å². The number of carbonyl (C=O) groups is 2. The number of nitrogens with one attached hydrogen (secondary N) is 1. The van der Waals surface area contributed by atoms with E-state index in [9.17, 15) is 9.59 Å². The normalized spacial score (nSPS) is 22.7. The minimum absolute atomic E-state index is 0.0481. The van der Waals surface area contributed by atoms with Crippen molar-refractivity contribution < 1.29 is 19.1 Å². The summed E-state index contributed by atoms with van der Waals surface area (Å²) in [6, 6.07) is 15.4. The van der Waals surface area contributed by atoms with Gasteiger partial charge >= 0.3 is 5.97 Å². The molecule has 0 radical (unpaired) electrons. The van der Waals surface area contributed by atoms with Crippen molar-refractivity contribution in [2.75, 3.05) is 7.11 Å². The van der Waals surface area contributed by atoms with Crippen molar-refractivity contribution in [1.29, 1.82) is 0 Å². The molecule has 0 aromatic heterocycles. The molecule has 1 saturated carbocycles. The first-order valence-electron chi connectivity index (χ1n) is 12.8. The summed E-state index contributed by atoms with van der Waals surface area (Å²) >= 11 is 6.09. The average molecular weight is 506 g/mol. The number of hydrogen-bond acceptors (Lipinski definition) is 5. The summed E-state index contributed by atoms with van der Waals surface area (Å²) in [6.45, 7) is 1.91. The van der Waals surface area contributed by atoms with E-state index in [0.717, 1.165) is 48.2 Å². The maximum absolute atomic E-state index is 13.8. The molecule has 6 heteroatoms. The average Bonchev–Trinajstić information content (AvgIpc) is 2.88. The molecule has 0 amide bonds. The monoisotopic (exact) mass is 505 g/mol. The Morgan fingerprint density at radius 2 is 1.75 bits per heavy atom. The molecule has 5 rings (SSSR count). The van der Waals surface area contributed by atoms with E-state index in [4.69, 9.17) is 21.1 Å². The zero-order valence-corrected chi connectivity index (χ0v) is 21.6. The maximum Gasteiger partial charge on any atom is 0.337 e. The Kier molecular flexibility index (Phi) is 7.20. The van der Waals surface area contributed by atoms with Crippen LogP contribution in [-0.4, -0.2) is 25.0 Å². The first kappa shape index (κ1) is 24.6. The molecule has 188 valence electrons. The predicted molar refractivity (Wildman–Crippen MR) is 140 cm³/mol. The Labute approximate surface area is 217 Å². The second kappa shape index (κ2) is 10.5. The minimum Gasteiger partial charge on any atom is -0.497 e. The molecule has 36 heavy (non-hydrogen) atoms. The number of dihydropyridines is 1. The Hall–Kier alpha value is -3.05. The van der Waals surface area contributed by atoms with Gasteiger partial charge in [0, 0.05) is 34.3 Å². The number of methoxy groups -OCH3 is 1. The Morgan fingerprint density at radius 1 is 1.00 bits per heavy atom. The lowest BCUT2D eigenvalue weighted by Gasteiger charge is -2.37. The number of rotatable bonds is 5. The van der Waals surface area contributed by atoms with Crippen LogP contribution in [0.1, 0.15) is 74.8 Å². The van der Waals surface area contributed by atoms with Gasteiger partial charge in [-0.05, 0) is 80.3 Å². The molecule has 2 atom stereocenters. The summed E-state index contributed by atoms with van der Waals surface area (Å²) in [4.78, 5) is 27.4. The number of ether oxygens (including phenoxy) is 2. The summed E-state index contributed by atoms with van der Waals surface area (Å²) in [7, 11) is 1.62. The third kappa shape index (κ3) is 4.94. The number of hydrogen-bond donors (Lipinski definition) is 1. The Balaban J connectivity index is 1.53. The van der Waals surface area contributed by atoms with Crippen LogP contribution in [0, 0.1) is 0 Å². The van der Waals surface area contributed by atoms with Crippen LogP contribution in [0.5, 0.6) is 5.75 Å². The number of allylic oxidation sites excluding steroid dienone is 3. The van der Waals surface area contributed by atoms with Crippen molar-refractivity contribution in [2.45, 2.75) is 69.8 Å². The quantitative estimate of drug-likeness (QED) is 0.464. The molecule has 2 aromatic carbocycles. The molecule has 0 spiro atoms. The van der Waals surface area contributed by atoms with Gasteiger partial charge in [0.25, 0.3) is 0 Å². The van der Waals surface area contributed by atoms with Gasteiger partial charge in [-0.3, -0.25) is 4.79 Å². The third-order valence-electron chi connectivity index (χ3n) is 7.64. The maximum atomic E-state index is 13.8. The standard InChI is InChI=1S/C30H32ClNO4/c1-18-27(30(34)36-23-8-4-3-5-9-23)28(20-7-6-10-24(15-20)35-2)29-25(32-18)16-21(17-26(29)33)19-11-13-22(31)14-12-19/h6-7,10-15,21,23,28,32H,3-5,8-9,16-17H2,1-2H3/t21-,28+/m0/s1. The third-order valence-corrected chi connectivity index (χ3v) is 7.89. The van der Waals surface area contributed by atoms with Gasteiger partial charge in [-0.1, -0.05) is 42.3 Å². The summed E-state index contributed by atoms with van der Waals surface area (Å²) in [6.07, 6.45) is 6.13. The number of esters is 1. The lowest BCUT2D eigenvalue weighted by Crippen LogP contribution is -2.37. The van der Waals surface area contributed by atoms with Gasteiger partial charge < -0.3 is 14.8 Å². The van der Waals surface area contributed by atoms with Crippen LogP contribution in [0.15, 0.2) is 71.1 Å². The van der Waals surface area contributed by atoms with Crippen LogP contribution in [0.3, 0.4) is 0 Å². The second-order valence-corrected chi connectivity index (χ2v) is 10.4.